The molecule has 0 aromatic heterocycles. The Balaban J connectivity index is 2.28. The first-order valence-corrected chi connectivity index (χ1v) is 13.5. The molecule has 0 radical (unpaired) electrons. The minimum Gasteiger partial charge on any atom is -0.466 e. The van der Waals surface area contributed by atoms with Gasteiger partial charge in [0.15, 0.2) is 0 Å². The van der Waals surface area contributed by atoms with Crippen LogP contribution in [0.3, 0.4) is 0 Å². The van der Waals surface area contributed by atoms with Gasteiger partial charge in [-0.05, 0) is 11.6 Å². The number of fused-ring (bicyclic) bond motifs is 2. The molecular formula is C31H24N4O13. The van der Waals surface area contributed by atoms with Crippen molar-refractivity contribution in [1.82, 2.24) is 4.90 Å². The summed E-state index contributed by atoms with van der Waals surface area (Å²) >= 11 is 0. The van der Waals surface area contributed by atoms with Gasteiger partial charge in [0.05, 0.1) is 67.2 Å². The van der Waals surface area contributed by atoms with Crippen LogP contribution in [0.25, 0.3) is 5.57 Å². The van der Waals surface area contributed by atoms with Crippen LogP contribution in [0.1, 0.15) is 15.9 Å². The molecule has 17 nitrogen and oxygen atoms in total. The number of ether oxygens (including phenoxy) is 4. The van der Waals surface area contributed by atoms with Crippen molar-refractivity contribution in [1.29, 1.82) is 0 Å². The molecule has 2 aliphatic heterocycles. The van der Waals surface area contributed by atoms with Crippen LogP contribution < -0.4 is 0 Å². The molecule has 2 aromatic carbocycles. The van der Waals surface area contributed by atoms with Gasteiger partial charge in [-0.25, -0.2) is 19.2 Å². The van der Waals surface area contributed by atoms with E-state index in [1.54, 1.807) is 0 Å². The second-order valence-electron chi connectivity index (χ2n) is 9.62. The Kier molecular flexibility index (Phi) is 10.0. The second-order valence-corrected chi connectivity index (χ2v) is 9.62. The normalized spacial score (nSPS) is 18.8. The first-order chi connectivity index (χ1) is 22.9. The lowest BCUT2D eigenvalue weighted by Gasteiger charge is -2.31. The molecule has 0 aliphatic carbocycles. The topological polar surface area (TPSA) is 224 Å². The molecule has 0 saturated heterocycles. The number of hydrogen-bond acceptors (Lipinski definition) is 15. The molecule has 4 rings (SSSR count). The Morgan fingerprint density at radius 1 is 0.833 bits per heavy atom. The maximum absolute atomic E-state index is 14.2. The van der Waals surface area contributed by atoms with Crippen molar-refractivity contribution < 1.29 is 52.8 Å². The van der Waals surface area contributed by atoms with Crippen molar-refractivity contribution in [2.45, 2.75) is 6.04 Å². The van der Waals surface area contributed by atoms with Crippen LogP contribution in [0.15, 0.2) is 94.4 Å². The van der Waals surface area contributed by atoms with Gasteiger partial charge in [0.2, 0.25) is 5.78 Å². The molecular weight excluding hydrogens is 636 g/mol. The molecule has 0 spiro atoms. The van der Waals surface area contributed by atoms with Crippen LogP contribution in [-0.4, -0.2) is 84.6 Å². The first kappa shape index (κ1) is 34.1. The van der Waals surface area contributed by atoms with Crippen LogP contribution in [0, 0.1) is 20.2 Å². The number of hydrogen-bond donors (Lipinski definition) is 0. The fraction of sp³-hybridized carbons (Fsp3) is 0.161. The Morgan fingerprint density at radius 3 is 2.04 bits per heavy atom. The molecule has 2 aromatic rings. The average Bonchev–Trinajstić information content (AvgIpc) is 3.44. The zero-order valence-corrected chi connectivity index (χ0v) is 25.5. The zero-order chi connectivity index (χ0) is 35.3. The molecule has 2 heterocycles. The third-order valence-corrected chi connectivity index (χ3v) is 7.05. The second kappa shape index (κ2) is 14.1. The molecule has 0 fully saturated rings. The third-order valence-electron chi connectivity index (χ3n) is 7.05. The number of rotatable bonds is 10. The summed E-state index contributed by atoms with van der Waals surface area (Å²) in [5.41, 5.74) is -4.29. The van der Waals surface area contributed by atoms with Gasteiger partial charge in [-0.3, -0.25) is 30.0 Å². The molecule has 2 aliphatic rings. The van der Waals surface area contributed by atoms with E-state index in [4.69, 9.17) is 18.9 Å². The molecule has 17 heteroatoms. The predicted octanol–water partition coefficient (Wildman–Crippen LogP) is 2.62. The molecule has 1 unspecified atom stereocenters. The van der Waals surface area contributed by atoms with Crippen molar-refractivity contribution in [3.05, 3.63) is 121 Å². The summed E-state index contributed by atoms with van der Waals surface area (Å²) in [6.45, 7) is 0. The summed E-state index contributed by atoms with van der Waals surface area (Å²) in [6.07, 6.45) is 2.95. The summed E-state index contributed by atoms with van der Waals surface area (Å²) < 4.78 is 19.6. The monoisotopic (exact) mass is 660 g/mol. The van der Waals surface area contributed by atoms with E-state index < -0.39 is 85.2 Å². The van der Waals surface area contributed by atoms with Gasteiger partial charge >= 0.3 is 23.9 Å². The maximum Gasteiger partial charge on any atom is 0.354 e. The van der Waals surface area contributed by atoms with Crippen molar-refractivity contribution in [2.75, 3.05) is 28.4 Å². The minimum absolute atomic E-state index is 0.134. The molecule has 246 valence electrons. The zero-order valence-electron chi connectivity index (χ0n) is 25.5. The quantitative estimate of drug-likeness (QED) is 0.0892. The molecule has 2 bridgehead atoms. The van der Waals surface area contributed by atoms with E-state index in [1.165, 1.54) is 30.3 Å². The first-order valence-electron chi connectivity index (χ1n) is 13.5. The van der Waals surface area contributed by atoms with E-state index in [2.05, 4.69) is 4.99 Å². The smallest absolute Gasteiger partial charge is 0.354 e. The number of nitro groups is 2. The highest BCUT2D eigenvalue weighted by Gasteiger charge is 2.49. The largest absolute Gasteiger partial charge is 0.466 e. The lowest BCUT2D eigenvalue weighted by Crippen LogP contribution is -2.37. The van der Waals surface area contributed by atoms with Gasteiger partial charge < -0.3 is 23.8 Å². The summed E-state index contributed by atoms with van der Waals surface area (Å²) in [5, 5.41) is 23.4. The minimum atomic E-state index is -1.46. The number of benzene rings is 2. The number of Topliss-reactive ketones (excluding diaryl/α,β-unsaturated/α-hetero) is 1. The summed E-state index contributed by atoms with van der Waals surface area (Å²) in [4.78, 5) is 94.3. The van der Waals surface area contributed by atoms with E-state index in [-0.39, 0.29) is 16.7 Å². The van der Waals surface area contributed by atoms with Crippen LogP contribution in [-0.2, 0) is 38.1 Å². The fourth-order valence-electron chi connectivity index (χ4n) is 5.00. The number of nitrogens with zero attached hydrogens (tertiary/aromatic N) is 4. The summed E-state index contributed by atoms with van der Waals surface area (Å²) in [7, 11) is 4.00. The number of non-ortho nitro benzene ring substituents is 2. The Labute approximate surface area is 270 Å². The van der Waals surface area contributed by atoms with Crippen LogP contribution >= 0.6 is 0 Å². The van der Waals surface area contributed by atoms with Gasteiger partial charge in [-0.1, -0.05) is 24.3 Å². The number of allylic oxidation sites excluding steroid dienone is 1. The van der Waals surface area contributed by atoms with Crippen molar-refractivity contribution in [3.63, 3.8) is 0 Å². The van der Waals surface area contributed by atoms with Crippen LogP contribution in [0.2, 0.25) is 0 Å². The van der Waals surface area contributed by atoms with Gasteiger partial charge in [-0.2, -0.15) is 0 Å². The van der Waals surface area contributed by atoms with E-state index in [1.807, 2.05) is 0 Å². The van der Waals surface area contributed by atoms with E-state index in [9.17, 15) is 44.2 Å². The Bertz CT molecular complexity index is 1940. The number of aliphatic imine (C=N–C) groups is 1. The van der Waals surface area contributed by atoms with Gasteiger partial charge in [0, 0.05) is 41.6 Å². The standard InChI is InChI=1S/C31H24N4O13/c1-45-22(36)15-21(29(38)46-2)33-20-11-12-32-26(28(37)17-8-6-10-19(14-17)35(43)44)23(16-7-5-9-18(13-16)34(41)42)27(33)25(31(40)48-4)24(20)30(39)47-3/h5-15,20H,1-4H3/b12-11-,21-15+,27-23-,32-26+. The summed E-state index contributed by atoms with van der Waals surface area (Å²) in [6, 6.07) is 7.89. The summed E-state index contributed by atoms with van der Waals surface area (Å²) in [5.74, 6) is -5.49. The van der Waals surface area contributed by atoms with Gasteiger partial charge in [0.25, 0.3) is 11.4 Å². The van der Waals surface area contributed by atoms with Crippen LogP contribution in [0.5, 0.6) is 0 Å². The number of esters is 4. The van der Waals surface area contributed by atoms with Crippen LogP contribution in [0.4, 0.5) is 11.4 Å². The number of carbonyl (C=O) groups excluding carboxylic acids is 5. The van der Waals surface area contributed by atoms with Crippen molar-refractivity contribution in [2.24, 2.45) is 4.99 Å². The van der Waals surface area contributed by atoms with Gasteiger partial charge in [0.1, 0.15) is 11.4 Å². The molecule has 0 N–H and O–H groups in total. The highest BCUT2D eigenvalue weighted by Crippen LogP contribution is 2.45. The number of carbonyl (C=O) groups is 5. The number of methoxy groups -OCH3 is 4. The number of nitro benzene ring substituents is 2. The lowest BCUT2D eigenvalue weighted by atomic mass is 9.90. The average molecular weight is 661 g/mol. The predicted molar refractivity (Wildman–Crippen MR) is 163 cm³/mol. The third kappa shape index (κ3) is 6.32. The van der Waals surface area contributed by atoms with Crippen molar-refractivity contribution >= 4 is 52.3 Å². The van der Waals surface area contributed by atoms with E-state index >= 15 is 0 Å². The van der Waals surface area contributed by atoms with E-state index in [0.29, 0.717) is 6.08 Å². The number of ketones is 1. The highest BCUT2D eigenvalue weighted by molar-refractivity contribution is 6.61. The molecule has 48 heavy (non-hydrogen) atoms. The molecule has 0 amide bonds. The lowest BCUT2D eigenvalue weighted by molar-refractivity contribution is -0.385. The molecule has 0 saturated carbocycles. The highest BCUT2D eigenvalue weighted by atomic mass is 16.6. The maximum atomic E-state index is 14.2. The molecule has 1 atom stereocenters. The Morgan fingerprint density at radius 2 is 1.46 bits per heavy atom. The fourth-order valence-corrected chi connectivity index (χ4v) is 5.00. The van der Waals surface area contributed by atoms with Crippen molar-refractivity contribution in [3.8, 4) is 0 Å². The van der Waals surface area contributed by atoms with Gasteiger partial charge in [-0.15, -0.1) is 0 Å². The van der Waals surface area contributed by atoms with E-state index in [0.717, 1.165) is 63.8 Å². The SMILES string of the molecule is COC(=O)/C=C(\C(=O)OC)N1\C2=C(c3cccc([N+](=O)[O-])c3)/C(C(=O)c3cccc([N+](=O)[O-])c3)=N\C=C/C1C(C(=O)OC)=C2C(=O)OC. The Hall–Kier alpha value is -6.78.